The van der Waals surface area contributed by atoms with E-state index in [2.05, 4.69) is 10.3 Å². The normalized spacial score (nSPS) is 10.5. The second kappa shape index (κ2) is 5.75. The van der Waals surface area contributed by atoms with E-state index in [-0.39, 0.29) is 5.91 Å². The van der Waals surface area contributed by atoms with Crippen molar-refractivity contribution in [1.82, 2.24) is 4.98 Å². The highest BCUT2D eigenvalue weighted by Gasteiger charge is 2.08. The van der Waals surface area contributed by atoms with Gasteiger partial charge >= 0.3 is 0 Å². The topological polar surface area (TPSA) is 42.0 Å². The molecule has 1 aromatic heterocycles. The Bertz CT molecular complexity index is 791. The number of rotatable bonds is 3. The zero-order valence-corrected chi connectivity index (χ0v) is 11.8. The molecule has 3 nitrogen and oxygen atoms in total. The zero-order valence-electron chi connectivity index (χ0n) is 11.8. The van der Waals surface area contributed by atoms with E-state index in [0.29, 0.717) is 6.42 Å². The number of anilines is 1. The van der Waals surface area contributed by atoms with E-state index >= 15 is 0 Å². The van der Waals surface area contributed by atoms with Gasteiger partial charge in [0, 0.05) is 17.0 Å². The third-order valence-electron chi connectivity index (χ3n) is 3.55. The Morgan fingerprint density at radius 2 is 1.81 bits per heavy atom. The van der Waals surface area contributed by atoms with Crippen molar-refractivity contribution in [2.24, 2.45) is 0 Å². The van der Waals surface area contributed by atoms with Gasteiger partial charge in [0.1, 0.15) is 0 Å². The van der Waals surface area contributed by atoms with Gasteiger partial charge in [-0.2, -0.15) is 0 Å². The number of pyridine rings is 1. The largest absolute Gasteiger partial charge is 0.324 e. The molecule has 0 saturated carbocycles. The van der Waals surface area contributed by atoms with Crippen LogP contribution in [0.5, 0.6) is 0 Å². The number of amides is 1. The van der Waals surface area contributed by atoms with Crippen LogP contribution < -0.4 is 5.32 Å². The molecule has 0 spiro atoms. The molecule has 3 heteroatoms. The Balaban J connectivity index is 1.82. The Labute approximate surface area is 123 Å². The summed E-state index contributed by atoms with van der Waals surface area (Å²) >= 11 is 0. The van der Waals surface area contributed by atoms with Crippen LogP contribution in [0.15, 0.2) is 60.9 Å². The average Bonchev–Trinajstić information content (AvgIpc) is 2.50. The number of carbonyl (C=O) groups is 1. The van der Waals surface area contributed by atoms with Crippen LogP contribution in [-0.2, 0) is 11.2 Å². The first-order valence-electron chi connectivity index (χ1n) is 6.91. The number of aromatic nitrogens is 1. The summed E-state index contributed by atoms with van der Waals surface area (Å²) in [6.45, 7) is 2.02. The predicted octanol–water partition coefficient (Wildman–Crippen LogP) is 3.72. The highest BCUT2D eigenvalue weighted by Crippen LogP contribution is 2.21. The van der Waals surface area contributed by atoms with Crippen LogP contribution in [0.25, 0.3) is 10.8 Å². The number of aryl methyl sites for hydroxylation is 1. The zero-order chi connectivity index (χ0) is 14.7. The van der Waals surface area contributed by atoms with E-state index in [4.69, 9.17) is 0 Å². The minimum Gasteiger partial charge on any atom is -0.324 e. The molecular formula is C18H16N2O. The third-order valence-corrected chi connectivity index (χ3v) is 3.55. The lowest BCUT2D eigenvalue weighted by molar-refractivity contribution is -0.115. The molecule has 0 unspecified atom stereocenters. The highest BCUT2D eigenvalue weighted by molar-refractivity contribution is 6.02. The Morgan fingerprint density at radius 3 is 2.67 bits per heavy atom. The van der Waals surface area contributed by atoms with Crippen LogP contribution in [0, 0.1) is 6.92 Å². The van der Waals surface area contributed by atoms with Gasteiger partial charge in [-0.1, -0.05) is 48.5 Å². The summed E-state index contributed by atoms with van der Waals surface area (Å²) in [5.74, 6) is -0.0255. The van der Waals surface area contributed by atoms with Crippen molar-refractivity contribution in [3.05, 3.63) is 72.1 Å². The van der Waals surface area contributed by atoms with E-state index < -0.39 is 0 Å². The van der Waals surface area contributed by atoms with Crippen molar-refractivity contribution in [3.8, 4) is 0 Å². The van der Waals surface area contributed by atoms with Crippen LogP contribution in [-0.4, -0.2) is 10.9 Å². The summed E-state index contributed by atoms with van der Waals surface area (Å²) in [5, 5.41) is 4.98. The second-order valence-electron chi connectivity index (χ2n) is 5.06. The van der Waals surface area contributed by atoms with Gasteiger partial charge in [-0.3, -0.25) is 9.78 Å². The lowest BCUT2D eigenvalue weighted by atomic mass is 10.1. The van der Waals surface area contributed by atoms with E-state index in [0.717, 1.165) is 27.6 Å². The number of nitrogens with zero attached hydrogens (tertiary/aromatic N) is 1. The molecule has 0 aliphatic carbocycles. The van der Waals surface area contributed by atoms with Crippen molar-refractivity contribution < 1.29 is 4.79 Å². The lowest BCUT2D eigenvalue weighted by Gasteiger charge is -2.09. The van der Waals surface area contributed by atoms with Crippen LogP contribution in [0.4, 0.5) is 5.69 Å². The Kier molecular flexibility index (Phi) is 3.65. The number of hydrogen-bond donors (Lipinski definition) is 1. The number of fused-ring (bicyclic) bond motifs is 1. The molecule has 2 aromatic carbocycles. The second-order valence-corrected chi connectivity index (χ2v) is 5.06. The molecule has 0 saturated heterocycles. The minimum atomic E-state index is -0.0255. The van der Waals surface area contributed by atoms with Crippen LogP contribution in [0.3, 0.4) is 0 Å². The van der Waals surface area contributed by atoms with Gasteiger partial charge in [0.05, 0.1) is 18.3 Å². The molecule has 1 heterocycles. The van der Waals surface area contributed by atoms with Gasteiger partial charge < -0.3 is 5.32 Å². The molecule has 0 atom stereocenters. The summed E-state index contributed by atoms with van der Waals surface area (Å²) in [5.41, 5.74) is 2.93. The van der Waals surface area contributed by atoms with Crippen molar-refractivity contribution >= 4 is 22.4 Å². The molecule has 1 N–H and O–H groups in total. The summed E-state index contributed by atoms with van der Waals surface area (Å²) in [6, 6.07) is 15.8. The predicted molar refractivity (Wildman–Crippen MR) is 85.3 cm³/mol. The van der Waals surface area contributed by atoms with Crippen LogP contribution >= 0.6 is 0 Å². The van der Waals surface area contributed by atoms with Gasteiger partial charge in [-0.15, -0.1) is 0 Å². The van der Waals surface area contributed by atoms with Crippen LogP contribution in [0.2, 0.25) is 0 Å². The summed E-state index contributed by atoms with van der Waals surface area (Å²) in [7, 11) is 0. The molecular weight excluding hydrogens is 260 g/mol. The van der Waals surface area contributed by atoms with Gasteiger partial charge in [-0.25, -0.2) is 0 Å². The molecule has 3 aromatic rings. The van der Waals surface area contributed by atoms with Gasteiger partial charge in [0.2, 0.25) is 5.91 Å². The quantitative estimate of drug-likeness (QED) is 0.792. The van der Waals surface area contributed by atoms with Gasteiger partial charge in [0.15, 0.2) is 0 Å². The number of hydrogen-bond acceptors (Lipinski definition) is 2. The molecule has 21 heavy (non-hydrogen) atoms. The fraction of sp³-hybridized carbons (Fsp3) is 0.111. The molecule has 0 bridgehead atoms. The SMILES string of the molecule is Cc1ccccc1CC(=O)Nc1cncc2ccccc12. The fourth-order valence-electron chi connectivity index (χ4n) is 2.39. The Hall–Kier alpha value is -2.68. The van der Waals surface area contributed by atoms with E-state index in [1.165, 1.54) is 0 Å². The fourth-order valence-corrected chi connectivity index (χ4v) is 2.39. The maximum Gasteiger partial charge on any atom is 0.228 e. The van der Waals surface area contributed by atoms with Crippen molar-refractivity contribution in [1.29, 1.82) is 0 Å². The van der Waals surface area contributed by atoms with Crippen molar-refractivity contribution in [3.63, 3.8) is 0 Å². The number of carbonyl (C=O) groups excluding carboxylic acids is 1. The monoisotopic (exact) mass is 276 g/mol. The third kappa shape index (κ3) is 2.92. The van der Waals surface area contributed by atoms with Crippen molar-refractivity contribution in [2.75, 3.05) is 5.32 Å². The lowest BCUT2D eigenvalue weighted by Crippen LogP contribution is -2.15. The van der Waals surface area contributed by atoms with Gasteiger partial charge in [0.25, 0.3) is 0 Å². The molecule has 0 aliphatic rings. The van der Waals surface area contributed by atoms with E-state index in [1.54, 1.807) is 12.4 Å². The molecule has 104 valence electrons. The van der Waals surface area contributed by atoms with E-state index in [1.807, 2.05) is 55.5 Å². The number of benzene rings is 2. The minimum absolute atomic E-state index is 0.0255. The Morgan fingerprint density at radius 1 is 1.05 bits per heavy atom. The first kappa shape index (κ1) is 13.3. The number of nitrogens with one attached hydrogen (secondary N) is 1. The van der Waals surface area contributed by atoms with Crippen molar-refractivity contribution in [2.45, 2.75) is 13.3 Å². The molecule has 0 fully saturated rings. The summed E-state index contributed by atoms with van der Waals surface area (Å²) < 4.78 is 0. The highest BCUT2D eigenvalue weighted by atomic mass is 16.1. The standard InChI is InChI=1S/C18H16N2O/c1-13-6-2-3-7-14(13)10-18(21)20-17-12-19-11-15-8-4-5-9-16(15)17/h2-9,11-12H,10H2,1H3,(H,20,21). The molecule has 0 aliphatic heterocycles. The summed E-state index contributed by atoms with van der Waals surface area (Å²) in [6.07, 6.45) is 3.86. The van der Waals surface area contributed by atoms with Gasteiger partial charge in [-0.05, 0) is 18.1 Å². The maximum absolute atomic E-state index is 12.2. The first-order chi connectivity index (χ1) is 10.2. The average molecular weight is 276 g/mol. The molecule has 0 radical (unpaired) electrons. The molecule has 3 rings (SSSR count). The smallest absolute Gasteiger partial charge is 0.228 e. The molecule has 1 amide bonds. The van der Waals surface area contributed by atoms with E-state index in [9.17, 15) is 4.79 Å². The van der Waals surface area contributed by atoms with Crippen LogP contribution in [0.1, 0.15) is 11.1 Å². The maximum atomic E-state index is 12.2. The first-order valence-corrected chi connectivity index (χ1v) is 6.91. The summed E-state index contributed by atoms with van der Waals surface area (Å²) in [4.78, 5) is 16.4.